The van der Waals surface area contributed by atoms with Gasteiger partial charge in [0.2, 0.25) is 11.8 Å². The number of nitrogens with one attached hydrogen (secondary N) is 1. The maximum atomic E-state index is 12.4. The summed E-state index contributed by atoms with van der Waals surface area (Å²) in [6.45, 7) is 4.21. The first kappa shape index (κ1) is 18.1. The van der Waals surface area contributed by atoms with Crippen LogP contribution >= 0.6 is 0 Å². The molecule has 0 aromatic carbocycles. The van der Waals surface area contributed by atoms with E-state index in [2.05, 4.69) is 15.4 Å². The van der Waals surface area contributed by atoms with E-state index in [0.717, 1.165) is 11.4 Å². The number of amides is 2. The number of nitrogens with zero attached hydrogens (tertiary/aromatic N) is 4. The fourth-order valence-corrected chi connectivity index (χ4v) is 3.17. The van der Waals surface area contributed by atoms with Gasteiger partial charge in [0.15, 0.2) is 0 Å². The van der Waals surface area contributed by atoms with Gasteiger partial charge in [0.25, 0.3) is 0 Å². The van der Waals surface area contributed by atoms with Gasteiger partial charge in [0, 0.05) is 50.6 Å². The number of likely N-dealkylation sites (tertiary alicyclic amines) is 1. The summed E-state index contributed by atoms with van der Waals surface area (Å²) in [5.41, 5.74) is 1.92. The average Bonchev–Trinajstić information content (AvgIpc) is 3.07. The van der Waals surface area contributed by atoms with Gasteiger partial charge >= 0.3 is 0 Å². The number of hydrogen-bond acceptors (Lipinski definition) is 4. The van der Waals surface area contributed by atoms with Crippen molar-refractivity contribution in [1.82, 2.24) is 25.0 Å². The number of carbonyl (C=O) groups is 2. The van der Waals surface area contributed by atoms with Gasteiger partial charge in [-0.25, -0.2) is 0 Å². The highest BCUT2D eigenvalue weighted by atomic mass is 16.2. The molecule has 3 heterocycles. The van der Waals surface area contributed by atoms with Crippen LogP contribution in [0.3, 0.4) is 0 Å². The molecule has 26 heavy (non-hydrogen) atoms. The molecule has 7 nitrogen and oxygen atoms in total. The summed E-state index contributed by atoms with van der Waals surface area (Å²) in [6, 6.07) is 7.71. The lowest BCUT2D eigenvalue weighted by molar-refractivity contribution is -0.138. The monoisotopic (exact) mass is 355 g/mol. The Morgan fingerprint density at radius 1 is 1.31 bits per heavy atom. The van der Waals surface area contributed by atoms with E-state index in [1.807, 2.05) is 42.1 Å². The van der Waals surface area contributed by atoms with Crippen molar-refractivity contribution in [2.45, 2.75) is 32.7 Å². The van der Waals surface area contributed by atoms with Crippen LogP contribution in [-0.4, -0.2) is 51.1 Å². The predicted molar refractivity (Wildman–Crippen MR) is 97.2 cm³/mol. The molecule has 138 valence electrons. The molecule has 0 saturated carbocycles. The maximum absolute atomic E-state index is 12.4. The molecule has 1 aliphatic heterocycles. The zero-order chi connectivity index (χ0) is 18.4. The molecule has 2 amide bonds. The van der Waals surface area contributed by atoms with Crippen LogP contribution in [0.5, 0.6) is 0 Å². The van der Waals surface area contributed by atoms with Gasteiger partial charge in [0.05, 0.1) is 18.2 Å². The molecule has 1 atom stereocenters. The summed E-state index contributed by atoms with van der Waals surface area (Å²) in [5.74, 6) is -0.00278. The molecule has 0 aliphatic carbocycles. The number of carbonyl (C=O) groups excluding carboxylic acids is 2. The molecule has 0 bridgehead atoms. The quantitative estimate of drug-likeness (QED) is 0.809. The third-order valence-corrected chi connectivity index (χ3v) is 4.65. The summed E-state index contributed by atoms with van der Waals surface area (Å²) in [4.78, 5) is 30.7. The van der Waals surface area contributed by atoms with Crippen LogP contribution in [0.2, 0.25) is 0 Å². The van der Waals surface area contributed by atoms with Gasteiger partial charge in [-0.05, 0) is 31.5 Å². The van der Waals surface area contributed by atoms with Gasteiger partial charge in [-0.2, -0.15) is 5.10 Å². The summed E-state index contributed by atoms with van der Waals surface area (Å²) in [6.07, 6.45) is 5.41. The maximum Gasteiger partial charge on any atom is 0.224 e. The Balaban J connectivity index is 1.45. The fourth-order valence-electron chi connectivity index (χ4n) is 3.17. The van der Waals surface area contributed by atoms with Crippen LogP contribution in [0.25, 0.3) is 0 Å². The minimum Gasteiger partial charge on any atom is -0.354 e. The summed E-state index contributed by atoms with van der Waals surface area (Å²) < 4.78 is 1.82. The van der Waals surface area contributed by atoms with E-state index in [1.54, 1.807) is 11.1 Å². The second-order valence-corrected chi connectivity index (χ2v) is 6.66. The van der Waals surface area contributed by atoms with Crippen LogP contribution < -0.4 is 5.32 Å². The van der Waals surface area contributed by atoms with Crippen molar-refractivity contribution in [3.8, 4) is 0 Å². The Morgan fingerprint density at radius 3 is 2.92 bits per heavy atom. The van der Waals surface area contributed by atoms with Gasteiger partial charge < -0.3 is 10.2 Å². The fraction of sp³-hybridized carbons (Fsp3) is 0.474. The molecule has 0 unspecified atom stereocenters. The molecule has 0 spiro atoms. The molecular formula is C19H25N5O2. The lowest BCUT2D eigenvalue weighted by Crippen LogP contribution is -2.46. The Labute approximate surface area is 153 Å². The Bertz CT molecular complexity index is 743. The highest BCUT2D eigenvalue weighted by Gasteiger charge is 2.29. The normalized spacial score (nSPS) is 17.3. The van der Waals surface area contributed by atoms with E-state index in [9.17, 15) is 9.59 Å². The van der Waals surface area contributed by atoms with E-state index in [4.69, 9.17) is 0 Å². The van der Waals surface area contributed by atoms with Crippen LogP contribution in [0.15, 0.2) is 36.7 Å². The van der Waals surface area contributed by atoms with Crippen LogP contribution in [0, 0.1) is 12.8 Å². The van der Waals surface area contributed by atoms with E-state index < -0.39 is 0 Å². The number of aromatic nitrogens is 3. The van der Waals surface area contributed by atoms with Crippen molar-refractivity contribution in [3.63, 3.8) is 0 Å². The van der Waals surface area contributed by atoms with Crippen molar-refractivity contribution < 1.29 is 9.59 Å². The van der Waals surface area contributed by atoms with Crippen molar-refractivity contribution in [2.75, 3.05) is 19.6 Å². The van der Waals surface area contributed by atoms with E-state index in [-0.39, 0.29) is 17.7 Å². The van der Waals surface area contributed by atoms with Gasteiger partial charge in [0.1, 0.15) is 0 Å². The number of hydrogen-bond donors (Lipinski definition) is 1. The van der Waals surface area contributed by atoms with E-state index >= 15 is 0 Å². The van der Waals surface area contributed by atoms with Crippen molar-refractivity contribution in [2.24, 2.45) is 5.92 Å². The zero-order valence-corrected chi connectivity index (χ0v) is 15.1. The van der Waals surface area contributed by atoms with Crippen molar-refractivity contribution in [3.05, 3.63) is 48.0 Å². The molecule has 1 fully saturated rings. The van der Waals surface area contributed by atoms with E-state index in [0.29, 0.717) is 45.4 Å². The molecule has 0 radical (unpaired) electrons. The number of aryl methyl sites for hydroxylation is 1. The summed E-state index contributed by atoms with van der Waals surface area (Å²) in [5, 5.41) is 7.27. The third kappa shape index (κ3) is 4.91. The summed E-state index contributed by atoms with van der Waals surface area (Å²) in [7, 11) is 0. The van der Waals surface area contributed by atoms with E-state index in [1.165, 1.54) is 0 Å². The van der Waals surface area contributed by atoms with Crippen LogP contribution in [0.1, 0.15) is 24.2 Å². The lowest BCUT2D eigenvalue weighted by Gasteiger charge is -2.32. The summed E-state index contributed by atoms with van der Waals surface area (Å²) >= 11 is 0. The van der Waals surface area contributed by atoms with Gasteiger partial charge in [-0.1, -0.05) is 6.07 Å². The standard InChI is InChI=1S/C19H25N5O2/c1-15-7-12-24(22-15)13-10-21-19(26)16-5-6-18(25)23(14-16)11-8-17-4-2-3-9-20-17/h2-4,7,9,12,16H,5-6,8,10-11,13-14H2,1H3,(H,21,26)/t16-/m1/s1. The minimum atomic E-state index is -0.143. The topological polar surface area (TPSA) is 80.1 Å². The van der Waals surface area contributed by atoms with Gasteiger partial charge in [-0.3, -0.25) is 19.3 Å². The predicted octanol–water partition coefficient (Wildman–Crippen LogP) is 1.18. The molecule has 7 heteroatoms. The molecule has 2 aromatic heterocycles. The Hall–Kier alpha value is -2.70. The second kappa shape index (κ2) is 8.60. The van der Waals surface area contributed by atoms with Crippen molar-refractivity contribution in [1.29, 1.82) is 0 Å². The van der Waals surface area contributed by atoms with Gasteiger partial charge in [-0.15, -0.1) is 0 Å². The molecular weight excluding hydrogens is 330 g/mol. The largest absolute Gasteiger partial charge is 0.354 e. The SMILES string of the molecule is Cc1ccn(CCNC(=O)[C@@H]2CCC(=O)N(CCc3ccccn3)C2)n1. The third-order valence-electron chi connectivity index (χ3n) is 4.65. The zero-order valence-electron chi connectivity index (χ0n) is 15.1. The average molecular weight is 355 g/mol. The first-order chi connectivity index (χ1) is 12.6. The number of piperidine rings is 1. The highest BCUT2D eigenvalue weighted by molar-refractivity contribution is 5.83. The Kier molecular flexibility index (Phi) is 5.99. The molecule has 1 saturated heterocycles. The number of pyridine rings is 1. The molecule has 3 rings (SSSR count). The molecule has 1 N–H and O–H groups in total. The highest BCUT2D eigenvalue weighted by Crippen LogP contribution is 2.18. The second-order valence-electron chi connectivity index (χ2n) is 6.66. The molecule has 1 aliphatic rings. The molecule has 2 aromatic rings. The van der Waals surface area contributed by atoms with Crippen LogP contribution in [-0.2, 0) is 22.6 Å². The van der Waals surface area contributed by atoms with Crippen LogP contribution in [0.4, 0.5) is 0 Å². The first-order valence-corrected chi connectivity index (χ1v) is 9.07. The first-order valence-electron chi connectivity index (χ1n) is 9.07. The smallest absolute Gasteiger partial charge is 0.224 e. The number of rotatable bonds is 7. The van der Waals surface area contributed by atoms with Crippen molar-refractivity contribution >= 4 is 11.8 Å². The Morgan fingerprint density at radius 2 is 2.19 bits per heavy atom. The minimum absolute atomic E-state index is 0.0178. The lowest BCUT2D eigenvalue weighted by atomic mass is 9.96.